The first-order valence-electron chi connectivity index (χ1n) is 4.74. The molecule has 0 aromatic heterocycles. The molecule has 0 spiro atoms. The number of methoxy groups -OCH3 is 1. The lowest BCUT2D eigenvalue weighted by Crippen LogP contribution is -2.03. The predicted octanol–water partition coefficient (Wildman–Crippen LogP) is 3.23. The van der Waals surface area contributed by atoms with Gasteiger partial charge in [0, 0.05) is 0 Å². The second-order valence-corrected chi connectivity index (χ2v) is 1.71. The molecule has 0 bridgehead atoms. The summed E-state index contributed by atoms with van der Waals surface area (Å²) >= 11 is 0. The van der Waals surface area contributed by atoms with E-state index in [1.54, 1.807) is 0 Å². The number of carbonyl (C=O) groups excluding carboxylic acids is 1. The molecule has 0 rings (SSSR count). The third-order valence-electron chi connectivity index (χ3n) is 1.07. The summed E-state index contributed by atoms with van der Waals surface area (Å²) in [7, 11) is 1.25. The number of allylic oxidation sites excluding steroid dienone is 1. The largest absolute Gasteiger partial charge is 0.507 e. The lowest BCUT2D eigenvalue weighted by molar-refractivity contribution is -0.136. The number of carbonyl (C=O) groups is 1. The topological polar surface area (TPSA) is 46.5 Å². The highest BCUT2D eigenvalue weighted by Crippen LogP contribution is 2.02. The van der Waals surface area contributed by atoms with Crippen LogP contribution in [0, 0.1) is 0 Å². The van der Waals surface area contributed by atoms with Gasteiger partial charge in [-0.2, -0.15) is 0 Å². The Morgan fingerprint density at radius 2 is 1.64 bits per heavy atom. The average molecular weight is 202 g/mol. The van der Waals surface area contributed by atoms with Crippen molar-refractivity contribution in [3.8, 4) is 0 Å². The van der Waals surface area contributed by atoms with Crippen LogP contribution in [0.25, 0.3) is 0 Å². The summed E-state index contributed by atoms with van der Waals surface area (Å²) in [4.78, 5) is 10.6. The van der Waals surface area contributed by atoms with Crippen LogP contribution in [-0.4, -0.2) is 18.2 Å². The van der Waals surface area contributed by atoms with E-state index in [1.165, 1.54) is 20.1 Å². The molecule has 0 aromatic carbocycles. The minimum Gasteiger partial charge on any atom is -0.507 e. The fraction of sp³-hybridized carbons (Fsp3) is 0.545. The summed E-state index contributed by atoms with van der Waals surface area (Å²) < 4.78 is 4.33. The summed E-state index contributed by atoms with van der Waals surface area (Å²) in [6.07, 6.45) is 1.19. The number of rotatable bonds is 2. The Hall–Kier alpha value is -1.25. The minimum atomic E-state index is -0.544. The molecule has 84 valence electrons. The van der Waals surface area contributed by atoms with Crippen LogP contribution in [0.4, 0.5) is 0 Å². The maximum absolute atomic E-state index is 10.6. The lowest BCUT2D eigenvalue weighted by Gasteiger charge is -1.98. The van der Waals surface area contributed by atoms with Crippen molar-refractivity contribution in [2.45, 2.75) is 34.6 Å². The first-order chi connectivity index (χ1) is 6.63. The van der Waals surface area contributed by atoms with Gasteiger partial charge < -0.3 is 9.84 Å². The fourth-order valence-corrected chi connectivity index (χ4v) is 0.411. The summed E-state index contributed by atoms with van der Waals surface area (Å²) in [6.45, 7) is 12.7. The van der Waals surface area contributed by atoms with Crippen molar-refractivity contribution in [3.05, 3.63) is 24.0 Å². The molecule has 14 heavy (non-hydrogen) atoms. The summed E-state index contributed by atoms with van der Waals surface area (Å²) in [5.74, 6) is -0.691. The zero-order chi connectivity index (χ0) is 12.1. The van der Waals surface area contributed by atoms with Gasteiger partial charge in [0.1, 0.15) is 5.76 Å². The van der Waals surface area contributed by atoms with Crippen LogP contribution in [0.3, 0.4) is 0 Å². The summed E-state index contributed by atoms with van der Waals surface area (Å²) in [6, 6.07) is 0. The first-order valence-corrected chi connectivity index (χ1v) is 4.74. The number of aliphatic hydroxyl groups excluding tert-OH is 1. The lowest BCUT2D eigenvalue weighted by atomic mass is 10.2. The summed E-state index contributed by atoms with van der Waals surface area (Å²) in [5.41, 5.74) is 0.164. The molecule has 3 heteroatoms. The van der Waals surface area contributed by atoms with Crippen molar-refractivity contribution in [1.29, 1.82) is 0 Å². The van der Waals surface area contributed by atoms with Crippen molar-refractivity contribution in [2.75, 3.05) is 7.11 Å². The van der Waals surface area contributed by atoms with Gasteiger partial charge in [-0.25, -0.2) is 4.79 Å². The Morgan fingerprint density at radius 3 is 1.86 bits per heavy atom. The van der Waals surface area contributed by atoms with Crippen molar-refractivity contribution in [1.82, 2.24) is 0 Å². The molecule has 0 radical (unpaired) electrons. The van der Waals surface area contributed by atoms with Gasteiger partial charge in [-0.3, -0.25) is 0 Å². The van der Waals surface area contributed by atoms with Gasteiger partial charge in [0.15, 0.2) is 0 Å². The summed E-state index contributed by atoms with van der Waals surface area (Å²) in [5, 5.41) is 8.89. The molecule has 0 aliphatic carbocycles. The zero-order valence-electron chi connectivity index (χ0n) is 10.0. The number of hydrogen-bond donors (Lipinski definition) is 1. The van der Waals surface area contributed by atoms with Crippen molar-refractivity contribution < 1.29 is 14.6 Å². The number of aliphatic hydroxyl groups is 1. The Bertz CT molecular complexity index is 181. The third-order valence-corrected chi connectivity index (χ3v) is 1.07. The second kappa shape index (κ2) is 14.3. The first kappa shape index (κ1) is 18.5. The molecular formula is C11H22O3. The van der Waals surface area contributed by atoms with Gasteiger partial charge in [0.2, 0.25) is 0 Å². The van der Waals surface area contributed by atoms with E-state index in [2.05, 4.69) is 11.3 Å². The molecule has 0 saturated carbocycles. The molecule has 0 saturated heterocycles. The highest BCUT2D eigenvalue weighted by molar-refractivity contribution is 5.88. The number of esters is 1. The molecule has 0 amide bonds. The van der Waals surface area contributed by atoms with Gasteiger partial charge in [-0.1, -0.05) is 34.3 Å². The molecule has 3 nitrogen and oxygen atoms in total. The fourth-order valence-electron chi connectivity index (χ4n) is 0.411. The van der Waals surface area contributed by atoms with E-state index in [-0.39, 0.29) is 11.3 Å². The van der Waals surface area contributed by atoms with E-state index in [4.69, 9.17) is 5.11 Å². The van der Waals surface area contributed by atoms with Crippen LogP contribution in [-0.2, 0) is 9.53 Å². The molecule has 0 fully saturated rings. The van der Waals surface area contributed by atoms with E-state index in [0.29, 0.717) is 0 Å². The molecule has 0 unspecified atom stereocenters. The van der Waals surface area contributed by atoms with E-state index in [1.807, 2.05) is 27.7 Å². The quantitative estimate of drug-likeness (QED) is 0.323. The third kappa shape index (κ3) is 8.84. The minimum absolute atomic E-state index is 0.146. The standard InChI is InChI=1S/C7H10O3.2C2H6/c1-4-6(8)5(2)7(9)10-3;2*1-2/h4,8H,1H2,2-3H3;2*1-2H3/b6-5-;;. The van der Waals surface area contributed by atoms with Crippen molar-refractivity contribution >= 4 is 5.97 Å². The van der Waals surface area contributed by atoms with Gasteiger partial charge in [-0.05, 0) is 13.0 Å². The Kier molecular flexibility index (Phi) is 18.9. The van der Waals surface area contributed by atoms with E-state index < -0.39 is 5.97 Å². The monoisotopic (exact) mass is 202 g/mol. The maximum atomic E-state index is 10.6. The van der Waals surface area contributed by atoms with Gasteiger partial charge in [0.25, 0.3) is 0 Å². The van der Waals surface area contributed by atoms with Crippen LogP contribution in [0.15, 0.2) is 24.0 Å². The molecular weight excluding hydrogens is 180 g/mol. The van der Waals surface area contributed by atoms with E-state index in [0.717, 1.165) is 0 Å². The smallest absolute Gasteiger partial charge is 0.337 e. The Morgan fingerprint density at radius 1 is 1.29 bits per heavy atom. The molecule has 0 aliphatic rings. The van der Waals surface area contributed by atoms with Gasteiger partial charge >= 0.3 is 5.97 Å². The highest BCUT2D eigenvalue weighted by Gasteiger charge is 2.06. The van der Waals surface area contributed by atoms with E-state index in [9.17, 15) is 4.79 Å². The van der Waals surface area contributed by atoms with Crippen LogP contribution < -0.4 is 0 Å². The number of hydrogen-bond acceptors (Lipinski definition) is 3. The molecule has 0 aliphatic heterocycles. The normalized spacial score (nSPS) is 9.29. The van der Waals surface area contributed by atoms with Crippen molar-refractivity contribution in [2.24, 2.45) is 0 Å². The molecule has 0 atom stereocenters. The average Bonchev–Trinajstić information content (AvgIpc) is 2.31. The predicted molar refractivity (Wildman–Crippen MR) is 60.2 cm³/mol. The Balaban J connectivity index is -0.000000266. The zero-order valence-corrected chi connectivity index (χ0v) is 10.0. The Labute approximate surface area is 87.1 Å². The van der Waals surface area contributed by atoms with Crippen LogP contribution in [0.1, 0.15) is 34.6 Å². The molecule has 1 N–H and O–H groups in total. The van der Waals surface area contributed by atoms with Crippen LogP contribution in [0.2, 0.25) is 0 Å². The maximum Gasteiger partial charge on any atom is 0.337 e. The van der Waals surface area contributed by atoms with Gasteiger partial charge in [0.05, 0.1) is 12.7 Å². The van der Waals surface area contributed by atoms with Crippen LogP contribution in [0.5, 0.6) is 0 Å². The van der Waals surface area contributed by atoms with Crippen molar-refractivity contribution in [3.63, 3.8) is 0 Å². The second-order valence-electron chi connectivity index (χ2n) is 1.71. The highest BCUT2D eigenvalue weighted by atomic mass is 16.5. The van der Waals surface area contributed by atoms with Gasteiger partial charge in [-0.15, -0.1) is 0 Å². The van der Waals surface area contributed by atoms with Crippen LogP contribution >= 0.6 is 0 Å². The molecule has 0 heterocycles. The number of ether oxygens (including phenoxy) is 1. The van der Waals surface area contributed by atoms with E-state index >= 15 is 0 Å². The SMILES string of the molecule is C=C/C(O)=C(\C)C(=O)OC.CC.CC. The molecule has 0 aromatic rings.